The number of nitrogens with two attached hydrogens (primary N) is 1. The van der Waals surface area contributed by atoms with Gasteiger partial charge in [-0.1, -0.05) is 13.8 Å². The van der Waals surface area contributed by atoms with Crippen molar-refractivity contribution in [2.75, 3.05) is 25.4 Å². The van der Waals surface area contributed by atoms with Crippen LogP contribution in [0.1, 0.15) is 20.3 Å². The third-order valence-electron chi connectivity index (χ3n) is 2.17. The van der Waals surface area contributed by atoms with Gasteiger partial charge in [-0.15, -0.1) is 0 Å². The summed E-state index contributed by atoms with van der Waals surface area (Å²) >= 11 is 2.04. The molecular weight excluding hydrogens is 168 g/mol. The van der Waals surface area contributed by atoms with E-state index in [-0.39, 0.29) is 0 Å². The number of rotatable bonds is 4. The summed E-state index contributed by atoms with van der Waals surface area (Å²) in [5.74, 6) is 1.25. The third kappa shape index (κ3) is 3.78. The van der Waals surface area contributed by atoms with Crippen molar-refractivity contribution >= 4 is 11.8 Å². The number of hydrogen-bond acceptors (Lipinski definition) is 3. The lowest BCUT2D eigenvalue weighted by molar-refractivity contribution is 0.357. The normalized spacial score (nSPS) is 25.5. The molecule has 0 spiro atoms. The molecule has 0 bridgehead atoms. The van der Waals surface area contributed by atoms with Crippen molar-refractivity contribution in [1.29, 1.82) is 0 Å². The van der Waals surface area contributed by atoms with Crippen LogP contribution in [0.5, 0.6) is 0 Å². The highest BCUT2D eigenvalue weighted by Gasteiger charge is 2.17. The summed E-state index contributed by atoms with van der Waals surface area (Å²) in [5.41, 5.74) is 5.81. The van der Waals surface area contributed by atoms with Gasteiger partial charge in [0.2, 0.25) is 0 Å². The topological polar surface area (TPSA) is 29.3 Å². The molecule has 0 aromatic rings. The zero-order valence-electron chi connectivity index (χ0n) is 8.12. The molecule has 0 aliphatic carbocycles. The van der Waals surface area contributed by atoms with E-state index in [9.17, 15) is 0 Å². The van der Waals surface area contributed by atoms with E-state index in [0.717, 1.165) is 11.8 Å². The Kier molecular flexibility index (Phi) is 4.40. The van der Waals surface area contributed by atoms with Crippen LogP contribution in [0, 0.1) is 0 Å². The summed E-state index contributed by atoms with van der Waals surface area (Å²) in [4.78, 5) is 2.47. The molecule has 0 aromatic heterocycles. The van der Waals surface area contributed by atoms with Crippen molar-refractivity contribution in [3.63, 3.8) is 0 Å². The summed E-state index contributed by atoms with van der Waals surface area (Å²) in [7, 11) is 0. The molecule has 1 atom stereocenters. The van der Waals surface area contributed by atoms with Gasteiger partial charge in [0.1, 0.15) is 0 Å². The van der Waals surface area contributed by atoms with Gasteiger partial charge in [-0.3, -0.25) is 0 Å². The first-order chi connectivity index (χ1) is 5.68. The van der Waals surface area contributed by atoms with Crippen molar-refractivity contribution in [3.05, 3.63) is 0 Å². The molecule has 1 aliphatic rings. The highest BCUT2D eigenvalue weighted by atomic mass is 32.2. The second-order valence-electron chi connectivity index (χ2n) is 3.77. The average Bonchev–Trinajstić information content (AvgIpc) is 2.35. The predicted molar refractivity (Wildman–Crippen MR) is 56.6 cm³/mol. The molecule has 0 saturated carbocycles. The zero-order valence-corrected chi connectivity index (χ0v) is 8.94. The molecular formula is C9H20N2S. The van der Waals surface area contributed by atoms with Gasteiger partial charge in [-0.05, 0) is 18.2 Å². The van der Waals surface area contributed by atoms with Crippen molar-refractivity contribution in [2.24, 2.45) is 5.73 Å². The van der Waals surface area contributed by atoms with Crippen LogP contribution in [0.3, 0.4) is 0 Å². The first-order valence-electron chi connectivity index (χ1n) is 4.78. The van der Waals surface area contributed by atoms with Crippen molar-refractivity contribution in [1.82, 2.24) is 4.90 Å². The number of hydrogen-bond donors (Lipinski definition) is 1. The second kappa shape index (κ2) is 5.10. The molecule has 1 aliphatic heterocycles. The minimum absolute atomic E-state index is 0.439. The molecule has 2 nitrogen and oxygen atoms in total. The average molecular weight is 188 g/mol. The van der Waals surface area contributed by atoms with E-state index < -0.39 is 0 Å². The zero-order chi connectivity index (χ0) is 8.97. The molecule has 1 fully saturated rings. The van der Waals surface area contributed by atoms with Crippen molar-refractivity contribution in [2.45, 2.75) is 31.6 Å². The SMILES string of the molecule is CC(C)SCCN1CCC(N)C1. The standard InChI is InChI=1S/C9H20N2S/c1-8(2)12-6-5-11-4-3-9(10)7-11/h8-9H,3-7,10H2,1-2H3. The predicted octanol–water partition coefficient (Wildman–Crippen LogP) is 1.16. The Bertz CT molecular complexity index is 128. The van der Waals surface area contributed by atoms with Crippen LogP contribution in [0.2, 0.25) is 0 Å². The molecule has 2 N–H and O–H groups in total. The van der Waals surface area contributed by atoms with Crippen LogP contribution in [-0.2, 0) is 0 Å². The van der Waals surface area contributed by atoms with Gasteiger partial charge in [-0.25, -0.2) is 0 Å². The van der Waals surface area contributed by atoms with Gasteiger partial charge in [-0.2, -0.15) is 11.8 Å². The van der Waals surface area contributed by atoms with E-state index in [1.54, 1.807) is 0 Å². The maximum Gasteiger partial charge on any atom is 0.0180 e. The fourth-order valence-electron chi connectivity index (χ4n) is 1.48. The number of likely N-dealkylation sites (tertiary alicyclic amines) is 1. The molecule has 0 aromatic carbocycles. The first kappa shape index (κ1) is 10.4. The van der Waals surface area contributed by atoms with Crippen LogP contribution in [0.4, 0.5) is 0 Å². The fraction of sp³-hybridized carbons (Fsp3) is 1.00. The molecule has 0 amide bonds. The summed E-state index contributed by atoms with van der Waals surface area (Å²) in [6.45, 7) is 8.04. The Balaban J connectivity index is 2.00. The highest BCUT2D eigenvalue weighted by Crippen LogP contribution is 2.12. The second-order valence-corrected chi connectivity index (χ2v) is 5.45. The van der Waals surface area contributed by atoms with E-state index in [4.69, 9.17) is 5.73 Å². The minimum atomic E-state index is 0.439. The van der Waals surface area contributed by atoms with Gasteiger partial charge in [0.15, 0.2) is 0 Å². The molecule has 1 saturated heterocycles. The maximum atomic E-state index is 5.81. The van der Waals surface area contributed by atoms with Gasteiger partial charge in [0, 0.05) is 24.9 Å². The van der Waals surface area contributed by atoms with E-state index in [0.29, 0.717) is 6.04 Å². The molecule has 72 valence electrons. The van der Waals surface area contributed by atoms with E-state index in [1.165, 1.54) is 25.3 Å². The largest absolute Gasteiger partial charge is 0.326 e. The van der Waals surface area contributed by atoms with Crippen LogP contribution in [0.25, 0.3) is 0 Å². The molecule has 1 heterocycles. The fourth-order valence-corrected chi connectivity index (χ4v) is 2.32. The molecule has 0 radical (unpaired) electrons. The lowest BCUT2D eigenvalue weighted by Gasteiger charge is -2.15. The Morgan fingerprint density at radius 3 is 2.83 bits per heavy atom. The molecule has 3 heteroatoms. The Labute approximate surface area is 79.9 Å². The van der Waals surface area contributed by atoms with Crippen molar-refractivity contribution in [3.8, 4) is 0 Å². The Hall–Kier alpha value is 0.270. The van der Waals surface area contributed by atoms with Crippen molar-refractivity contribution < 1.29 is 0 Å². The summed E-state index contributed by atoms with van der Waals surface area (Å²) in [6, 6.07) is 0.439. The van der Waals surface area contributed by atoms with Crippen LogP contribution in [0.15, 0.2) is 0 Å². The quantitative estimate of drug-likeness (QED) is 0.718. The Morgan fingerprint density at radius 1 is 1.58 bits per heavy atom. The smallest absolute Gasteiger partial charge is 0.0180 e. The third-order valence-corrected chi connectivity index (χ3v) is 3.25. The minimum Gasteiger partial charge on any atom is -0.326 e. The van der Waals surface area contributed by atoms with E-state index in [2.05, 4.69) is 18.7 Å². The van der Waals surface area contributed by atoms with Gasteiger partial charge in [0.25, 0.3) is 0 Å². The number of thioether (sulfide) groups is 1. The maximum absolute atomic E-state index is 5.81. The lowest BCUT2D eigenvalue weighted by Crippen LogP contribution is -2.28. The van der Waals surface area contributed by atoms with Gasteiger partial charge < -0.3 is 10.6 Å². The van der Waals surface area contributed by atoms with Gasteiger partial charge >= 0.3 is 0 Å². The summed E-state index contributed by atoms with van der Waals surface area (Å²) < 4.78 is 0. The van der Waals surface area contributed by atoms with E-state index in [1.807, 2.05) is 11.8 Å². The highest BCUT2D eigenvalue weighted by molar-refractivity contribution is 7.99. The lowest BCUT2D eigenvalue weighted by atomic mass is 10.3. The van der Waals surface area contributed by atoms with Crippen LogP contribution in [-0.4, -0.2) is 41.6 Å². The van der Waals surface area contributed by atoms with E-state index >= 15 is 0 Å². The first-order valence-corrected chi connectivity index (χ1v) is 5.83. The monoisotopic (exact) mass is 188 g/mol. The molecule has 1 rings (SSSR count). The van der Waals surface area contributed by atoms with Gasteiger partial charge in [0.05, 0.1) is 0 Å². The molecule has 1 unspecified atom stereocenters. The summed E-state index contributed by atoms with van der Waals surface area (Å²) in [5, 5.41) is 0.765. The van der Waals surface area contributed by atoms with Crippen LogP contribution < -0.4 is 5.73 Å². The number of nitrogens with zero attached hydrogens (tertiary/aromatic N) is 1. The Morgan fingerprint density at radius 2 is 2.33 bits per heavy atom. The van der Waals surface area contributed by atoms with Crippen LogP contribution >= 0.6 is 11.8 Å². The molecule has 12 heavy (non-hydrogen) atoms. The summed E-state index contributed by atoms with van der Waals surface area (Å²) in [6.07, 6.45) is 1.19.